The first-order valence-electron chi connectivity index (χ1n) is 10.3. The van der Waals surface area contributed by atoms with Gasteiger partial charge in [-0.15, -0.1) is 0 Å². The lowest BCUT2D eigenvalue weighted by Gasteiger charge is -2.34. The summed E-state index contributed by atoms with van der Waals surface area (Å²) in [6, 6.07) is 18.0. The van der Waals surface area contributed by atoms with E-state index in [0.29, 0.717) is 24.5 Å². The van der Waals surface area contributed by atoms with Crippen molar-refractivity contribution >= 4 is 17.5 Å². The highest BCUT2D eigenvalue weighted by molar-refractivity contribution is 5.95. The summed E-state index contributed by atoms with van der Waals surface area (Å²) in [6.45, 7) is 1.16. The van der Waals surface area contributed by atoms with Crippen molar-refractivity contribution in [3.05, 3.63) is 90.1 Å². The van der Waals surface area contributed by atoms with E-state index in [0.717, 1.165) is 18.4 Å². The molecule has 1 fully saturated rings. The van der Waals surface area contributed by atoms with E-state index in [1.165, 1.54) is 30.5 Å². The number of nitrogens with zero attached hydrogens (tertiary/aromatic N) is 1. The molecule has 1 aliphatic rings. The molecular formula is C24H24FN3O3. The van der Waals surface area contributed by atoms with E-state index in [4.69, 9.17) is 4.42 Å². The number of rotatable bonds is 6. The standard InChI is InChI=1S/C24H24FN3O3/c25-18-8-10-19(11-9-18)27-23(29)22(17-5-2-1-3-6-17)26-20-12-14-28(15-13-20)24(30)21-7-4-16-31-21/h1-11,16,20,22,26H,12-15H2,(H,27,29). The quantitative estimate of drug-likeness (QED) is 0.631. The van der Waals surface area contributed by atoms with Gasteiger partial charge in [0.25, 0.3) is 5.91 Å². The van der Waals surface area contributed by atoms with Gasteiger partial charge in [0, 0.05) is 24.8 Å². The van der Waals surface area contributed by atoms with Gasteiger partial charge >= 0.3 is 0 Å². The van der Waals surface area contributed by atoms with Crippen LogP contribution in [0, 0.1) is 5.82 Å². The Morgan fingerprint density at radius 1 is 0.968 bits per heavy atom. The van der Waals surface area contributed by atoms with Gasteiger partial charge in [0.1, 0.15) is 11.9 Å². The molecule has 160 valence electrons. The Bertz CT molecular complexity index is 998. The number of amides is 2. The number of carbonyl (C=O) groups excluding carboxylic acids is 2. The van der Waals surface area contributed by atoms with Crippen LogP contribution in [-0.4, -0.2) is 35.8 Å². The number of likely N-dealkylation sites (tertiary alicyclic amines) is 1. The van der Waals surface area contributed by atoms with Gasteiger partial charge < -0.3 is 14.6 Å². The molecule has 1 unspecified atom stereocenters. The number of furan rings is 1. The Morgan fingerprint density at radius 3 is 2.32 bits per heavy atom. The van der Waals surface area contributed by atoms with Crippen molar-refractivity contribution in [2.45, 2.75) is 24.9 Å². The molecule has 0 bridgehead atoms. The molecule has 2 N–H and O–H groups in total. The van der Waals surface area contributed by atoms with Gasteiger partial charge in [-0.2, -0.15) is 0 Å². The lowest BCUT2D eigenvalue weighted by molar-refractivity contribution is -0.118. The minimum absolute atomic E-state index is 0.0739. The summed E-state index contributed by atoms with van der Waals surface area (Å²) in [7, 11) is 0. The average Bonchev–Trinajstić information content (AvgIpc) is 3.34. The summed E-state index contributed by atoms with van der Waals surface area (Å²) in [5.74, 6) is -0.345. The monoisotopic (exact) mass is 421 g/mol. The first kappa shape index (κ1) is 20.8. The summed E-state index contributed by atoms with van der Waals surface area (Å²) < 4.78 is 18.4. The summed E-state index contributed by atoms with van der Waals surface area (Å²) in [5.41, 5.74) is 1.38. The smallest absolute Gasteiger partial charge is 0.289 e. The van der Waals surface area contributed by atoms with E-state index >= 15 is 0 Å². The van der Waals surface area contributed by atoms with Crippen LogP contribution in [0.4, 0.5) is 10.1 Å². The van der Waals surface area contributed by atoms with Crippen molar-refractivity contribution in [2.24, 2.45) is 0 Å². The summed E-state index contributed by atoms with van der Waals surface area (Å²) in [6.07, 6.45) is 2.94. The molecule has 2 amide bonds. The van der Waals surface area contributed by atoms with Gasteiger partial charge in [0.15, 0.2) is 5.76 Å². The highest BCUT2D eigenvalue weighted by atomic mass is 19.1. The van der Waals surface area contributed by atoms with Crippen LogP contribution in [0.5, 0.6) is 0 Å². The van der Waals surface area contributed by atoms with Crippen LogP contribution in [-0.2, 0) is 4.79 Å². The second-order valence-corrected chi connectivity index (χ2v) is 7.55. The SMILES string of the molecule is O=C(Nc1ccc(F)cc1)C(NC1CCN(C(=O)c2ccco2)CC1)c1ccccc1. The minimum atomic E-state index is -0.566. The fourth-order valence-corrected chi connectivity index (χ4v) is 3.76. The van der Waals surface area contributed by atoms with Crippen molar-refractivity contribution in [1.82, 2.24) is 10.2 Å². The Hall–Kier alpha value is -3.45. The Balaban J connectivity index is 1.41. The lowest BCUT2D eigenvalue weighted by atomic mass is 10.00. The molecule has 0 spiro atoms. The maximum atomic E-state index is 13.2. The predicted octanol–water partition coefficient (Wildman–Crippen LogP) is 3.99. The zero-order valence-corrected chi connectivity index (χ0v) is 17.0. The van der Waals surface area contributed by atoms with Crippen LogP contribution < -0.4 is 10.6 Å². The maximum Gasteiger partial charge on any atom is 0.289 e. The van der Waals surface area contributed by atoms with Crippen molar-refractivity contribution < 1.29 is 18.4 Å². The lowest BCUT2D eigenvalue weighted by Crippen LogP contribution is -2.47. The molecule has 0 aliphatic carbocycles. The van der Waals surface area contributed by atoms with Gasteiger partial charge in [-0.25, -0.2) is 4.39 Å². The fourth-order valence-electron chi connectivity index (χ4n) is 3.76. The second kappa shape index (κ2) is 9.57. The van der Waals surface area contributed by atoms with E-state index in [9.17, 15) is 14.0 Å². The number of hydrogen-bond acceptors (Lipinski definition) is 4. The predicted molar refractivity (Wildman–Crippen MR) is 115 cm³/mol. The first-order chi connectivity index (χ1) is 15.1. The van der Waals surface area contributed by atoms with Crippen LogP contribution in [0.3, 0.4) is 0 Å². The number of nitrogens with one attached hydrogen (secondary N) is 2. The highest BCUT2D eigenvalue weighted by Crippen LogP contribution is 2.21. The van der Waals surface area contributed by atoms with E-state index in [2.05, 4.69) is 10.6 Å². The normalized spacial score (nSPS) is 15.5. The molecule has 7 heteroatoms. The molecule has 1 atom stereocenters. The van der Waals surface area contributed by atoms with Gasteiger partial charge in [0.05, 0.1) is 6.26 Å². The Morgan fingerprint density at radius 2 is 1.68 bits per heavy atom. The summed E-state index contributed by atoms with van der Waals surface area (Å²) in [5, 5.41) is 6.31. The van der Waals surface area contributed by atoms with E-state index < -0.39 is 6.04 Å². The van der Waals surface area contributed by atoms with Crippen LogP contribution in [0.15, 0.2) is 77.4 Å². The molecule has 31 heavy (non-hydrogen) atoms. The number of halogens is 1. The number of hydrogen-bond donors (Lipinski definition) is 2. The molecule has 0 radical (unpaired) electrons. The molecule has 1 saturated heterocycles. The van der Waals surface area contributed by atoms with Crippen LogP contribution in [0.1, 0.15) is 35.0 Å². The average molecular weight is 421 g/mol. The van der Waals surface area contributed by atoms with Crippen LogP contribution >= 0.6 is 0 Å². The third kappa shape index (κ3) is 5.19. The molecule has 0 saturated carbocycles. The molecule has 2 aromatic carbocycles. The van der Waals surface area contributed by atoms with E-state index in [-0.39, 0.29) is 23.7 Å². The largest absolute Gasteiger partial charge is 0.459 e. The van der Waals surface area contributed by atoms with Gasteiger partial charge in [-0.1, -0.05) is 30.3 Å². The zero-order chi connectivity index (χ0) is 21.6. The third-order valence-corrected chi connectivity index (χ3v) is 5.42. The zero-order valence-electron chi connectivity index (χ0n) is 17.0. The molecule has 3 aromatic rings. The molecule has 6 nitrogen and oxygen atoms in total. The number of piperidine rings is 1. The fraction of sp³-hybridized carbons (Fsp3) is 0.250. The van der Waals surface area contributed by atoms with E-state index in [1.54, 1.807) is 17.0 Å². The van der Waals surface area contributed by atoms with Crippen LogP contribution in [0.25, 0.3) is 0 Å². The number of anilines is 1. The number of benzene rings is 2. The Kier molecular flexibility index (Phi) is 6.43. The maximum absolute atomic E-state index is 13.2. The van der Waals surface area contributed by atoms with Crippen molar-refractivity contribution in [1.29, 1.82) is 0 Å². The summed E-state index contributed by atoms with van der Waals surface area (Å²) in [4.78, 5) is 27.3. The molecule has 1 aliphatic heterocycles. The van der Waals surface area contributed by atoms with Gasteiger partial charge in [-0.3, -0.25) is 14.9 Å². The molecule has 1 aromatic heterocycles. The number of carbonyl (C=O) groups is 2. The van der Waals surface area contributed by atoms with Gasteiger partial charge in [-0.05, 0) is 54.8 Å². The minimum Gasteiger partial charge on any atom is -0.459 e. The van der Waals surface area contributed by atoms with Crippen molar-refractivity contribution in [2.75, 3.05) is 18.4 Å². The highest BCUT2D eigenvalue weighted by Gasteiger charge is 2.29. The molecular weight excluding hydrogens is 397 g/mol. The first-order valence-corrected chi connectivity index (χ1v) is 10.3. The van der Waals surface area contributed by atoms with Crippen LogP contribution in [0.2, 0.25) is 0 Å². The molecule has 2 heterocycles. The van der Waals surface area contributed by atoms with E-state index in [1.807, 2.05) is 30.3 Å². The van der Waals surface area contributed by atoms with Gasteiger partial charge in [0.2, 0.25) is 5.91 Å². The topological polar surface area (TPSA) is 74.6 Å². The molecule has 4 rings (SSSR count). The van der Waals surface area contributed by atoms with Crippen molar-refractivity contribution in [3.8, 4) is 0 Å². The summed E-state index contributed by atoms with van der Waals surface area (Å²) >= 11 is 0. The third-order valence-electron chi connectivity index (χ3n) is 5.42. The second-order valence-electron chi connectivity index (χ2n) is 7.55. The van der Waals surface area contributed by atoms with Crippen molar-refractivity contribution in [3.63, 3.8) is 0 Å². The Labute approximate surface area is 180 Å².